The molecular weight excluding hydrogens is 378 g/mol. The average Bonchev–Trinajstić information content (AvgIpc) is 3.14. The maximum atomic E-state index is 13.0. The number of imidazole rings is 1. The molecule has 2 unspecified atom stereocenters. The number of hydrogen-bond donors (Lipinski definition) is 2. The molecule has 0 spiro atoms. The number of carbonyl (C=O) groups is 3. The van der Waals surface area contributed by atoms with Crippen LogP contribution in [0.1, 0.15) is 47.5 Å². The molecule has 1 saturated carbocycles. The Kier molecular flexibility index (Phi) is 5.09. The minimum Gasteiger partial charge on any atom is -0.354 e. The predicted molar refractivity (Wildman–Crippen MR) is 105 cm³/mol. The van der Waals surface area contributed by atoms with Gasteiger partial charge in [-0.1, -0.05) is 11.3 Å². The number of carbonyl (C=O) groups excluding carboxylic acids is 3. The van der Waals surface area contributed by atoms with Gasteiger partial charge in [-0.3, -0.25) is 18.8 Å². The number of nitrogens with one attached hydrogen (secondary N) is 2. The van der Waals surface area contributed by atoms with Crippen LogP contribution in [0.15, 0.2) is 12.4 Å². The van der Waals surface area contributed by atoms with Crippen molar-refractivity contribution >= 4 is 34.0 Å². The van der Waals surface area contributed by atoms with Crippen LogP contribution in [0.25, 0.3) is 4.96 Å². The highest BCUT2D eigenvalue weighted by Gasteiger charge is 2.37. The molecule has 28 heavy (non-hydrogen) atoms. The highest BCUT2D eigenvalue weighted by Crippen LogP contribution is 2.35. The topological polar surface area (TPSA) is 95.8 Å². The summed E-state index contributed by atoms with van der Waals surface area (Å²) in [6, 6.07) is -0.0946. The molecule has 2 atom stereocenters. The quantitative estimate of drug-likeness (QED) is 0.729. The molecule has 2 aliphatic rings. The number of amides is 3. The number of aryl methyl sites for hydroxylation is 1. The second-order valence-corrected chi connectivity index (χ2v) is 8.81. The van der Waals surface area contributed by atoms with Gasteiger partial charge in [0.15, 0.2) is 4.96 Å². The highest BCUT2D eigenvalue weighted by molar-refractivity contribution is 7.18. The van der Waals surface area contributed by atoms with Gasteiger partial charge in [0.1, 0.15) is 4.88 Å². The van der Waals surface area contributed by atoms with E-state index in [2.05, 4.69) is 15.6 Å². The second-order valence-electron chi connectivity index (χ2n) is 7.80. The van der Waals surface area contributed by atoms with E-state index in [0.717, 1.165) is 23.5 Å². The van der Waals surface area contributed by atoms with E-state index < -0.39 is 0 Å². The third kappa shape index (κ3) is 4.04. The van der Waals surface area contributed by atoms with Crippen LogP contribution in [0, 0.1) is 12.8 Å². The van der Waals surface area contributed by atoms with Gasteiger partial charge < -0.3 is 15.5 Å². The summed E-state index contributed by atoms with van der Waals surface area (Å²) < 4.78 is 1.88. The summed E-state index contributed by atoms with van der Waals surface area (Å²) in [5, 5.41) is 5.78. The molecule has 1 aliphatic heterocycles. The van der Waals surface area contributed by atoms with Gasteiger partial charge >= 0.3 is 0 Å². The molecule has 2 aromatic rings. The fraction of sp³-hybridized carbons (Fsp3) is 0.579. The van der Waals surface area contributed by atoms with Crippen molar-refractivity contribution in [3.8, 4) is 0 Å². The minimum absolute atomic E-state index is 0.0106. The van der Waals surface area contributed by atoms with E-state index in [-0.39, 0.29) is 29.8 Å². The highest BCUT2D eigenvalue weighted by atomic mass is 32.1. The standard InChI is InChI=1S/C19H25N5O3S/c1-11-9-24-10-15(28-19(24)21-11)18(27)23(2)14(12-3-4-12)8-20-17(26)7-13-5-6-16(25)22-13/h9-10,12-14H,3-8H2,1-2H3,(H,20,26)(H,22,25). The Morgan fingerprint density at radius 1 is 1.39 bits per heavy atom. The van der Waals surface area contributed by atoms with Crippen molar-refractivity contribution in [3.05, 3.63) is 23.0 Å². The number of fused-ring (bicyclic) bond motifs is 1. The third-order valence-corrected chi connectivity index (χ3v) is 6.48. The molecule has 9 heteroatoms. The molecule has 1 saturated heterocycles. The zero-order valence-corrected chi connectivity index (χ0v) is 16.9. The van der Waals surface area contributed by atoms with Crippen LogP contribution in [0.5, 0.6) is 0 Å². The van der Waals surface area contributed by atoms with Crippen molar-refractivity contribution in [1.29, 1.82) is 0 Å². The van der Waals surface area contributed by atoms with Crippen LogP contribution < -0.4 is 10.6 Å². The van der Waals surface area contributed by atoms with Gasteiger partial charge in [0, 0.05) is 44.9 Å². The van der Waals surface area contributed by atoms with E-state index in [1.54, 1.807) is 4.90 Å². The van der Waals surface area contributed by atoms with Crippen LogP contribution >= 0.6 is 11.3 Å². The van der Waals surface area contributed by atoms with Crippen molar-refractivity contribution in [2.75, 3.05) is 13.6 Å². The summed E-state index contributed by atoms with van der Waals surface area (Å²) in [6.07, 6.45) is 7.36. The molecule has 150 valence electrons. The fourth-order valence-electron chi connectivity index (χ4n) is 3.78. The van der Waals surface area contributed by atoms with Crippen molar-refractivity contribution < 1.29 is 14.4 Å². The smallest absolute Gasteiger partial charge is 0.265 e. The van der Waals surface area contributed by atoms with Gasteiger partial charge in [-0.2, -0.15) is 0 Å². The lowest BCUT2D eigenvalue weighted by Crippen LogP contribution is -2.46. The van der Waals surface area contributed by atoms with Gasteiger partial charge in [-0.05, 0) is 32.1 Å². The Morgan fingerprint density at radius 3 is 2.82 bits per heavy atom. The summed E-state index contributed by atoms with van der Waals surface area (Å²) in [4.78, 5) is 44.1. The molecule has 2 aromatic heterocycles. The Labute approximate surface area is 167 Å². The number of likely N-dealkylation sites (N-methyl/N-ethyl adjacent to an activating group) is 1. The van der Waals surface area contributed by atoms with Crippen LogP contribution in [-0.2, 0) is 9.59 Å². The summed E-state index contributed by atoms with van der Waals surface area (Å²) in [5.74, 6) is 0.314. The third-order valence-electron chi connectivity index (χ3n) is 5.50. The number of hydrogen-bond acceptors (Lipinski definition) is 5. The number of aromatic nitrogens is 2. The summed E-state index contributed by atoms with van der Waals surface area (Å²) in [6.45, 7) is 2.37. The largest absolute Gasteiger partial charge is 0.354 e. The Bertz CT molecular complexity index is 884. The van der Waals surface area contributed by atoms with Gasteiger partial charge in [0.25, 0.3) is 5.91 Å². The van der Waals surface area contributed by atoms with E-state index in [1.807, 2.05) is 30.8 Å². The molecule has 8 nitrogen and oxygen atoms in total. The maximum absolute atomic E-state index is 13.0. The number of rotatable bonds is 7. The van der Waals surface area contributed by atoms with Gasteiger partial charge in [-0.25, -0.2) is 4.98 Å². The first-order chi connectivity index (χ1) is 13.4. The van der Waals surface area contributed by atoms with E-state index in [0.29, 0.717) is 36.6 Å². The van der Waals surface area contributed by atoms with E-state index in [9.17, 15) is 14.4 Å². The van der Waals surface area contributed by atoms with Crippen LogP contribution in [-0.4, -0.2) is 57.7 Å². The van der Waals surface area contributed by atoms with Crippen LogP contribution in [0.3, 0.4) is 0 Å². The van der Waals surface area contributed by atoms with Crippen LogP contribution in [0.4, 0.5) is 0 Å². The lowest BCUT2D eigenvalue weighted by atomic mass is 10.1. The molecule has 2 N–H and O–H groups in total. The monoisotopic (exact) mass is 403 g/mol. The van der Waals surface area contributed by atoms with E-state index in [4.69, 9.17) is 0 Å². The molecule has 1 aliphatic carbocycles. The second kappa shape index (κ2) is 7.54. The van der Waals surface area contributed by atoms with Crippen molar-refractivity contribution in [2.24, 2.45) is 5.92 Å². The SMILES string of the molecule is Cc1cn2cc(C(=O)N(C)C(CNC(=O)CC3CCC(=O)N3)C3CC3)sc2n1. The molecule has 0 radical (unpaired) electrons. The van der Waals surface area contributed by atoms with Crippen molar-refractivity contribution in [1.82, 2.24) is 24.9 Å². The summed E-state index contributed by atoms with van der Waals surface area (Å²) >= 11 is 1.38. The maximum Gasteiger partial charge on any atom is 0.265 e. The Hall–Kier alpha value is -2.42. The Balaban J connectivity index is 1.36. The first kappa shape index (κ1) is 18.9. The molecule has 4 rings (SSSR count). The number of nitrogens with zero attached hydrogens (tertiary/aromatic N) is 3. The van der Waals surface area contributed by atoms with Crippen molar-refractivity contribution in [3.63, 3.8) is 0 Å². The molecule has 0 bridgehead atoms. The number of thiazole rings is 1. The lowest BCUT2D eigenvalue weighted by Gasteiger charge is -2.28. The fourth-order valence-corrected chi connectivity index (χ4v) is 4.78. The molecular formula is C19H25N5O3S. The summed E-state index contributed by atoms with van der Waals surface area (Å²) in [7, 11) is 1.81. The molecule has 3 heterocycles. The average molecular weight is 404 g/mol. The zero-order chi connectivity index (χ0) is 19.8. The van der Waals surface area contributed by atoms with Crippen LogP contribution in [0.2, 0.25) is 0 Å². The molecule has 3 amide bonds. The van der Waals surface area contributed by atoms with Gasteiger partial charge in [0.2, 0.25) is 11.8 Å². The van der Waals surface area contributed by atoms with E-state index in [1.165, 1.54) is 11.3 Å². The van der Waals surface area contributed by atoms with Gasteiger partial charge in [-0.15, -0.1) is 0 Å². The van der Waals surface area contributed by atoms with Crippen molar-refractivity contribution in [2.45, 2.75) is 51.1 Å². The lowest BCUT2D eigenvalue weighted by molar-refractivity contribution is -0.122. The normalized spacial score (nSPS) is 20.2. The summed E-state index contributed by atoms with van der Waals surface area (Å²) in [5.41, 5.74) is 0.927. The first-order valence-corrected chi connectivity index (χ1v) is 10.5. The predicted octanol–water partition coefficient (Wildman–Crippen LogP) is 1.34. The zero-order valence-electron chi connectivity index (χ0n) is 16.1. The van der Waals surface area contributed by atoms with E-state index >= 15 is 0 Å². The molecule has 0 aromatic carbocycles. The minimum atomic E-state index is -0.0798. The molecule has 2 fully saturated rings. The first-order valence-electron chi connectivity index (χ1n) is 9.69. The Morgan fingerprint density at radius 2 is 2.18 bits per heavy atom. The van der Waals surface area contributed by atoms with Gasteiger partial charge in [0.05, 0.1) is 11.7 Å².